The van der Waals surface area contributed by atoms with E-state index in [1.54, 1.807) is 6.07 Å². The molecule has 0 heterocycles. The lowest BCUT2D eigenvalue weighted by molar-refractivity contribution is -0.139. The predicted molar refractivity (Wildman–Crippen MR) is 120 cm³/mol. The minimum atomic E-state index is -4.56. The lowest BCUT2D eigenvalue weighted by Gasteiger charge is -2.26. The van der Waals surface area contributed by atoms with Crippen LogP contribution in [0.4, 0.5) is 13.2 Å². The van der Waals surface area contributed by atoms with Crippen LogP contribution in [0.15, 0.2) is 42.5 Å². The number of aliphatic hydroxyl groups is 1. The van der Waals surface area contributed by atoms with Gasteiger partial charge in [0, 0.05) is 0 Å². The summed E-state index contributed by atoms with van der Waals surface area (Å²) in [5, 5.41) is 9.45. The Morgan fingerprint density at radius 2 is 1.78 bits per heavy atom. The standard InChI is InChI=1S/C23H31F3NO4P/c1-2-17-5-3-6-18(13-17)7-4-12-30-21-9-8-19(14-20(21)23(24,25)26)10-11-22(27,15-28)16-31-32-29/h3,5-6,8-9,13-14,28H,2,4,7,10-12,15-16,27,32H2,1H3. The summed E-state index contributed by atoms with van der Waals surface area (Å²) < 4.78 is 61.6. The van der Waals surface area contributed by atoms with E-state index in [0.29, 0.717) is 12.0 Å². The average Bonchev–Trinajstić information content (AvgIpc) is 2.79. The molecule has 2 unspecified atom stereocenters. The lowest BCUT2D eigenvalue weighted by atomic mass is 9.93. The van der Waals surface area contributed by atoms with Crippen LogP contribution in [0.2, 0.25) is 0 Å². The first-order valence-electron chi connectivity index (χ1n) is 10.6. The molecule has 32 heavy (non-hydrogen) atoms. The van der Waals surface area contributed by atoms with Gasteiger partial charge in [0.05, 0.1) is 30.9 Å². The van der Waals surface area contributed by atoms with E-state index in [-0.39, 0.29) is 31.8 Å². The highest BCUT2D eigenvalue weighted by Crippen LogP contribution is 2.37. The highest BCUT2D eigenvalue weighted by Gasteiger charge is 2.35. The normalized spacial score (nSPS) is 14.1. The highest BCUT2D eigenvalue weighted by atomic mass is 31.1. The van der Waals surface area contributed by atoms with Crippen molar-refractivity contribution < 1.29 is 32.1 Å². The fourth-order valence-corrected chi connectivity index (χ4v) is 3.73. The molecule has 0 aliphatic rings. The van der Waals surface area contributed by atoms with E-state index in [1.807, 2.05) is 18.2 Å². The van der Waals surface area contributed by atoms with Crippen molar-refractivity contribution in [2.45, 2.75) is 50.7 Å². The summed E-state index contributed by atoms with van der Waals surface area (Å²) in [4.78, 5) is 0. The zero-order valence-corrected chi connectivity index (χ0v) is 19.3. The molecule has 0 spiro atoms. The Kier molecular flexibility index (Phi) is 10.2. The van der Waals surface area contributed by atoms with Gasteiger partial charge in [0.2, 0.25) is 0 Å². The van der Waals surface area contributed by atoms with Crippen LogP contribution < -0.4 is 10.5 Å². The first-order chi connectivity index (χ1) is 15.2. The summed E-state index contributed by atoms with van der Waals surface area (Å²) in [5.74, 6) is -0.206. The smallest absolute Gasteiger partial charge is 0.419 e. The van der Waals surface area contributed by atoms with Gasteiger partial charge in [0.25, 0.3) is 0 Å². The Morgan fingerprint density at radius 1 is 1.06 bits per heavy atom. The molecule has 0 fully saturated rings. The molecular weight excluding hydrogens is 442 g/mol. The summed E-state index contributed by atoms with van der Waals surface area (Å²) in [6.07, 6.45) is -1.93. The summed E-state index contributed by atoms with van der Waals surface area (Å²) in [6, 6.07) is 12.1. The second kappa shape index (κ2) is 12.4. The number of ether oxygens (including phenoxy) is 1. The van der Waals surface area contributed by atoms with Crippen molar-refractivity contribution in [2.75, 3.05) is 19.8 Å². The van der Waals surface area contributed by atoms with Crippen LogP contribution >= 0.6 is 8.69 Å². The van der Waals surface area contributed by atoms with E-state index in [1.165, 1.54) is 11.6 Å². The number of rotatable bonds is 13. The van der Waals surface area contributed by atoms with Gasteiger partial charge in [-0.25, -0.2) is 0 Å². The molecular formula is C23H31F3NO4P. The van der Waals surface area contributed by atoms with Gasteiger partial charge < -0.3 is 20.1 Å². The molecule has 0 aromatic heterocycles. The first kappa shape index (κ1) is 26.4. The number of halogens is 3. The molecule has 0 radical (unpaired) electrons. The van der Waals surface area contributed by atoms with Gasteiger partial charge in [-0.05, 0) is 60.9 Å². The molecule has 2 atom stereocenters. The number of hydrogen-bond donors (Lipinski definition) is 2. The maximum Gasteiger partial charge on any atom is 0.419 e. The zero-order valence-electron chi connectivity index (χ0n) is 18.2. The number of aliphatic hydroxyl groups excluding tert-OH is 1. The molecule has 0 amide bonds. The molecule has 2 aromatic carbocycles. The van der Waals surface area contributed by atoms with Crippen molar-refractivity contribution in [3.8, 4) is 5.75 Å². The quantitative estimate of drug-likeness (QED) is 0.329. The van der Waals surface area contributed by atoms with Crippen molar-refractivity contribution in [3.63, 3.8) is 0 Å². The number of alkyl halides is 3. The van der Waals surface area contributed by atoms with E-state index < -0.39 is 32.6 Å². The number of hydrogen-bond acceptors (Lipinski definition) is 5. The van der Waals surface area contributed by atoms with Gasteiger partial charge in [0.15, 0.2) is 8.69 Å². The molecule has 0 aliphatic heterocycles. The first-order valence-corrected chi connectivity index (χ1v) is 11.5. The molecule has 5 nitrogen and oxygen atoms in total. The Labute approximate surface area is 188 Å². The molecule has 3 N–H and O–H groups in total. The van der Waals surface area contributed by atoms with Crippen LogP contribution in [0.3, 0.4) is 0 Å². The molecule has 0 saturated heterocycles. The third kappa shape index (κ3) is 8.24. The fraction of sp³-hybridized carbons (Fsp3) is 0.478. The van der Waals surface area contributed by atoms with E-state index in [9.17, 15) is 22.8 Å². The van der Waals surface area contributed by atoms with Crippen LogP contribution in [0.1, 0.15) is 42.0 Å². The molecule has 0 saturated carbocycles. The lowest BCUT2D eigenvalue weighted by Crippen LogP contribution is -2.47. The van der Waals surface area contributed by atoms with Gasteiger partial charge >= 0.3 is 6.18 Å². The predicted octanol–water partition coefficient (Wildman–Crippen LogP) is 4.59. The average molecular weight is 473 g/mol. The monoisotopic (exact) mass is 473 g/mol. The Morgan fingerprint density at radius 3 is 2.44 bits per heavy atom. The highest BCUT2D eigenvalue weighted by molar-refractivity contribution is 7.17. The molecule has 9 heteroatoms. The molecule has 178 valence electrons. The minimum absolute atomic E-state index is 0.128. The molecule has 2 aromatic rings. The van der Waals surface area contributed by atoms with E-state index >= 15 is 0 Å². The van der Waals surface area contributed by atoms with Crippen LogP contribution in [0.5, 0.6) is 5.75 Å². The number of aryl methyl sites for hydroxylation is 3. The van der Waals surface area contributed by atoms with Crippen LogP contribution in [-0.2, 0) is 34.5 Å². The molecule has 0 bridgehead atoms. The van der Waals surface area contributed by atoms with Crippen molar-refractivity contribution in [1.29, 1.82) is 0 Å². The molecule has 2 rings (SSSR count). The van der Waals surface area contributed by atoms with Gasteiger partial charge in [-0.1, -0.05) is 37.3 Å². The zero-order chi connectivity index (χ0) is 23.6. The summed E-state index contributed by atoms with van der Waals surface area (Å²) in [5.41, 5.74) is 6.75. The van der Waals surface area contributed by atoms with E-state index in [4.69, 9.17) is 15.0 Å². The van der Waals surface area contributed by atoms with Crippen LogP contribution in [-0.4, -0.2) is 30.5 Å². The minimum Gasteiger partial charge on any atom is -0.493 e. The van der Waals surface area contributed by atoms with Crippen LogP contribution in [0, 0.1) is 0 Å². The van der Waals surface area contributed by atoms with Crippen molar-refractivity contribution in [3.05, 3.63) is 64.7 Å². The maximum absolute atomic E-state index is 13.6. The van der Waals surface area contributed by atoms with Gasteiger partial charge in [-0.15, -0.1) is 0 Å². The van der Waals surface area contributed by atoms with Crippen LogP contribution in [0.25, 0.3) is 0 Å². The Bertz CT molecular complexity index is 879. The fourth-order valence-electron chi connectivity index (χ4n) is 3.33. The summed E-state index contributed by atoms with van der Waals surface area (Å²) in [7, 11) is -1.47. The Hall–Kier alpha value is -1.86. The number of benzene rings is 2. The third-order valence-corrected chi connectivity index (χ3v) is 5.58. The Balaban J connectivity index is 2.01. The number of nitrogens with two attached hydrogens (primary N) is 1. The summed E-state index contributed by atoms with van der Waals surface area (Å²) >= 11 is 0. The summed E-state index contributed by atoms with van der Waals surface area (Å²) in [6.45, 7) is 1.69. The molecule has 0 aliphatic carbocycles. The van der Waals surface area contributed by atoms with Gasteiger partial charge in [-0.3, -0.25) is 4.57 Å². The SMILES string of the molecule is CCc1cccc(CCCOc2ccc(CCC(N)(CO)CO[PH2]=O)cc2C(F)(F)F)c1. The van der Waals surface area contributed by atoms with E-state index in [0.717, 1.165) is 24.5 Å². The van der Waals surface area contributed by atoms with Gasteiger partial charge in [-0.2, -0.15) is 13.2 Å². The largest absolute Gasteiger partial charge is 0.493 e. The van der Waals surface area contributed by atoms with Crippen molar-refractivity contribution in [1.82, 2.24) is 0 Å². The maximum atomic E-state index is 13.6. The second-order valence-corrected chi connectivity index (χ2v) is 8.41. The van der Waals surface area contributed by atoms with E-state index in [2.05, 4.69) is 13.0 Å². The van der Waals surface area contributed by atoms with Crippen molar-refractivity contribution >= 4 is 8.69 Å². The third-order valence-electron chi connectivity index (χ3n) is 5.28. The topological polar surface area (TPSA) is 81.8 Å². The van der Waals surface area contributed by atoms with Crippen molar-refractivity contribution in [2.24, 2.45) is 5.73 Å². The van der Waals surface area contributed by atoms with Gasteiger partial charge in [0.1, 0.15) is 5.75 Å². The second-order valence-electron chi connectivity index (χ2n) is 7.88.